The first-order valence-electron chi connectivity index (χ1n) is 5.00. The van der Waals surface area contributed by atoms with Crippen molar-refractivity contribution >= 4 is 23.5 Å². The Morgan fingerprint density at radius 3 is 2.78 bits per heavy atom. The molecule has 0 aliphatic carbocycles. The summed E-state index contributed by atoms with van der Waals surface area (Å²) in [5, 5.41) is 21.5. The molecule has 0 aliphatic heterocycles. The fraction of sp³-hybridized carbons (Fsp3) is 0.200. The van der Waals surface area contributed by atoms with E-state index in [9.17, 15) is 10.1 Å². The molecule has 0 spiro atoms. The number of nitrogens with one attached hydrogen (secondary N) is 2. The van der Waals surface area contributed by atoms with Crippen LogP contribution in [0.1, 0.15) is 5.56 Å². The van der Waals surface area contributed by atoms with Crippen molar-refractivity contribution in [2.24, 2.45) is 10.8 Å². The second kappa shape index (κ2) is 5.62. The number of hydrogen-bond donors (Lipinski definition) is 3. The van der Waals surface area contributed by atoms with Gasteiger partial charge >= 0.3 is 0 Å². The lowest BCUT2D eigenvalue weighted by Gasteiger charge is -2.12. The molecular weight excluding hydrogens is 236 g/mol. The summed E-state index contributed by atoms with van der Waals surface area (Å²) in [5.41, 5.74) is 8.32. The van der Waals surface area contributed by atoms with E-state index in [0.29, 0.717) is 11.3 Å². The molecule has 0 aliphatic rings. The number of hydrogen-bond acceptors (Lipinski definition) is 5. The van der Waals surface area contributed by atoms with Crippen molar-refractivity contribution in [3.05, 3.63) is 33.9 Å². The minimum Gasteiger partial charge on any atom is -0.372 e. The summed E-state index contributed by atoms with van der Waals surface area (Å²) in [6, 6.07) is 4.72. The van der Waals surface area contributed by atoms with E-state index < -0.39 is 4.92 Å². The van der Waals surface area contributed by atoms with Crippen LogP contribution in [0.15, 0.2) is 23.3 Å². The Labute approximate surface area is 104 Å². The van der Waals surface area contributed by atoms with Crippen molar-refractivity contribution in [1.29, 1.82) is 5.41 Å². The van der Waals surface area contributed by atoms with Gasteiger partial charge in [-0.05, 0) is 6.07 Å². The molecule has 0 bridgehead atoms. The summed E-state index contributed by atoms with van der Waals surface area (Å²) in [7, 11) is 3.46. The molecule has 0 saturated carbocycles. The first-order chi connectivity index (χ1) is 8.41. The zero-order valence-corrected chi connectivity index (χ0v) is 10.0. The molecule has 8 heteroatoms. The van der Waals surface area contributed by atoms with E-state index in [4.69, 9.17) is 11.1 Å². The standard InChI is InChI=1S/C10H14N6O2/c1-15(2)8-4-3-7(5-9(8)16(17)18)6-13-14-10(11)12/h3-6H,1-2H3,(H4,11,12,14)/b13-6+. The summed E-state index contributed by atoms with van der Waals surface area (Å²) in [5.74, 6) is -0.300. The van der Waals surface area contributed by atoms with Crippen LogP contribution in [0, 0.1) is 15.5 Å². The lowest BCUT2D eigenvalue weighted by atomic mass is 10.2. The molecule has 0 unspecified atom stereocenters. The summed E-state index contributed by atoms with van der Waals surface area (Å²) in [4.78, 5) is 12.1. The third kappa shape index (κ3) is 3.44. The van der Waals surface area contributed by atoms with Gasteiger partial charge in [0.2, 0.25) is 5.96 Å². The van der Waals surface area contributed by atoms with Crippen LogP contribution in [-0.4, -0.2) is 31.2 Å². The number of rotatable bonds is 4. The maximum absolute atomic E-state index is 10.9. The number of anilines is 1. The second-order valence-electron chi connectivity index (χ2n) is 3.68. The minimum atomic E-state index is -0.453. The Hall–Kier alpha value is -2.64. The van der Waals surface area contributed by atoms with Crippen molar-refractivity contribution in [3.8, 4) is 0 Å². The van der Waals surface area contributed by atoms with Gasteiger partial charge < -0.3 is 10.6 Å². The van der Waals surface area contributed by atoms with E-state index in [0.717, 1.165) is 0 Å². The highest BCUT2D eigenvalue weighted by molar-refractivity contribution is 5.84. The highest BCUT2D eigenvalue weighted by Crippen LogP contribution is 2.26. The predicted octanol–water partition coefficient (Wildman–Crippen LogP) is 0.478. The molecule has 0 radical (unpaired) electrons. The zero-order valence-electron chi connectivity index (χ0n) is 10.0. The smallest absolute Gasteiger partial charge is 0.293 e. The molecular formula is C10H14N6O2. The molecule has 0 saturated heterocycles. The van der Waals surface area contributed by atoms with Gasteiger partial charge in [0.25, 0.3) is 5.69 Å². The third-order valence-corrected chi connectivity index (χ3v) is 2.08. The van der Waals surface area contributed by atoms with Gasteiger partial charge in [-0.15, -0.1) is 0 Å². The lowest BCUT2D eigenvalue weighted by molar-refractivity contribution is -0.384. The minimum absolute atomic E-state index is 0.00762. The van der Waals surface area contributed by atoms with E-state index in [2.05, 4.69) is 10.5 Å². The van der Waals surface area contributed by atoms with Crippen molar-refractivity contribution in [2.45, 2.75) is 0 Å². The molecule has 1 aromatic carbocycles. The number of benzene rings is 1. The molecule has 0 amide bonds. The number of nitro groups is 1. The van der Waals surface area contributed by atoms with Gasteiger partial charge in [0.15, 0.2) is 0 Å². The topological polar surface area (TPSA) is 121 Å². The average Bonchev–Trinajstić information content (AvgIpc) is 2.28. The quantitative estimate of drug-likeness (QED) is 0.310. The maximum atomic E-state index is 10.9. The number of nitrogens with zero attached hydrogens (tertiary/aromatic N) is 3. The maximum Gasteiger partial charge on any atom is 0.293 e. The van der Waals surface area contributed by atoms with Crippen molar-refractivity contribution in [1.82, 2.24) is 5.43 Å². The van der Waals surface area contributed by atoms with Crippen LogP contribution in [0.5, 0.6) is 0 Å². The largest absolute Gasteiger partial charge is 0.372 e. The first kappa shape index (κ1) is 13.4. The fourth-order valence-electron chi connectivity index (χ4n) is 1.32. The van der Waals surface area contributed by atoms with E-state index >= 15 is 0 Å². The molecule has 96 valence electrons. The first-order valence-corrected chi connectivity index (χ1v) is 5.00. The number of nitrogens with two attached hydrogens (primary N) is 1. The summed E-state index contributed by atoms with van der Waals surface area (Å²) >= 11 is 0. The molecule has 1 aromatic rings. The Morgan fingerprint density at radius 1 is 1.61 bits per heavy atom. The van der Waals surface area contributed by atoms with E-state index in [1.807, 2.05) is 0 Å². The van der Waals surface area contributed by atoms with Crippen molar-refractivity contribution in [3.63, 3.8) is 0 Å². The molecule has 18 heavy (non-hydrogen) atoms. The molecule has 8 nitrogen and oxygen atoms in total. The third-order valence-electron chi connectivity index (χ3n) is 2.08. The molecule has 0 heterocycles. The van der Waals surface area contributed by atoms with Crippen molar-refractivity contribution < 1.29 is 4.92 Å². The van der Waals surface area contributed by atoms with Crippen LogP contribution in [0.3, 0.4) is 0 Å². The summed E-state index contributed by atoms with van der Waals surface area (Å²) in [6.07, 6.45) is 1.36. The van der Waals surface area contributed by atoms with E-state index in [1.54, 1.807) is 31.1 Å². The Bertz CT molecular complexity index is 497. The fourth-order valence-corrected chi connectivity index (χ4v) is 1.32. The predicted molar refractivity (Wildman–Crippen MR) is 70.1 cm³/mol. The Balaban J connectivity index is 3.04. The summed E-state index contributed by atoms with van der Waals surface area (Å²) in [6.45, 7) is 0. The molecule has 4 N–H and O–H groups in total. The van der Waals surface area contributed by atoms with Crippen molar-refractivity contribution in [2.75, 3.05) is 19.0 Å². The van der Waals surface area contributed by atoms with Crippen LogP contribution in [0.25, 0.3) is 0 Å². The number of guanidine groups is 1. The SMILES string of the molecule is CN(C)c1ccc(/C=N/NC(=N)N)cc1[N+](=O)[O-]. The Kier molecular flexibility index (Phi) is 4.19. The van der Waals surface area contributed by atoms with Gasteiger partial charge in [0.1, 0.15) is 5.69 Å². The normalized spacial score (nSPS) is 10.3. The van der Waals surface area contributed by atoms with E-state index in [-0.39, 0.29) is 11.6 Å². The van der Waals surface area contributed by atoms with Crippen LogP contribution in [0.2, 0.25) is 0 Å². The highest BCUT2D eigenvalue weighted by atomic mass is 16.6. The molecule has 0 atom stereocenters. The van der Waals surface area contributed by atoms with Gasteiger partial charge in [-0.3, -0.25) is 15.5 Å². The molecule has 1 rings (SSSR count). The van der Waals surface area contributed by atoms with Gasteiger partial charge in [0.05, 0.1) is 11.1 Å². The monoisotopic (exact) mass is 250 g/mol. The highest BCUT2D eigenvalue weighted by Gasteiger charge is 2.15. The zero-order chi connectivity index (χ0) is 13.7. The van der Waals surface area contributed by atoms with Crippen LogP contribution < -0.4 is 16.1 Å². The average molecular weight is 250 g/mol. The van der Waals surface area contributed by atoms with Crippen LogP contribution >= 0.6 is 0 Å². The van der Waals surface area contributed by atoms with Crippen LogP contribution in [0.4, 0.5) is 11.4 Å². The van der Waals surface area contributed by atoms with Gasteiger partial charge in [0, 0.05) is 25.7 Å². The lowest BCUT2D eigenvalue weighted by Crippen LogP contribution is -2.25. The van der Waals surface area contributed by atoms with Gasteiger partial charge in [-0.25, -0.2) is 5.43 Å². The van der Waals surface area contributed by atoms with E-state index in [1.165, 1.54) is 12.3 Å². The van der Waals surface area contributed by atoms with Gasteiger partial charge in [-0.1, -0.05) is 6.07 Å². The molecule has 0 fully saturated rings. The molecule has 0 aromatic heterocycles. The number of hydrazone groups is 1. The van der Waals surface area contributed by atoms with Gasteiger partial charge in [-0.2, -0.15) is 5.10 Å². The Morgan fingerprint density at radius 2 is 2.28 bits per heavy atom. The summed E-state index contributed by atoms with van der Waals surface area (Å²) < 4.78 is 0. The van der Waals surface area contributed by atoms with Crippen LogP contribution in [-0.2, 0) is 0 Å². The number of nitro benzene ring substituents is 1. The second-order valence-corrected chi connectivity index (χ2v) is 3.68.